The summed E-state index contributed by atoms with van der Waals surface area (Å²) in [4.78, 5) is 17.2. The van der Waals surface area contributed by atoms with E-state index in [-0.39, 0.29) is 6.04 Å². The van der Waals surface area contributed by atoms with Gasteiger partial charge < -0.3 is 4.90 Å². The van der Waals surface area contributed by atoms with Crippen molar-refractivity contribution in [2.45, 2.75) is 6.04 Å². The van der Waals surface area contributed by atoms with Gasteiger partial charge in [0.1, 0.15) is 5.84 Å². The van der Waals surface area contributed by atoms with Crippen LogP contribution < -0.4 is 0 Å². The second-order valence-electron chi connectivity index (χ2n) is 14.9. The summed E-state index contributed by atoms with van der Waals surface area (Å²) in [7, 11) is 2.17. The third-order valence-electron chi connectivity index (χ3n) is 11.3. The fourth-order valence-electron chi connectivity index (χ4n) is 8.22. The van der Waals surface area contributed by atoms with Crippen LogP contribution in [0.25, 0.3) is 67.0 Å². The fraction of sp³-hybridized carbons (Fsp3) is 0.0364. The van der Waals surface area contributed by atoms with Crippen LogP contribution in [0.2, 0.25) is 0 Å². The van der Waals surface area contributed by atoms with Crippen LogP contribution in [0.15, 0.2) is 224 Å². The Kier molecular flexibility index (Phi) is 9.49. The van der Waals surface area contributed by atoms with Gasteiger partial charge in [-0.15, -0.1) is 0 Å². The summed E-state index contributed by atoms with van der Waals surface area (Å²) in [5.41, 5.74) is 17.7. The number of rotatable bonds is 8. The van der Waals surface area contributed by atoms with E-state index in [1.165, 1.54) is 27.8 Å². The molecule has 9 aromatic rings. The fourth-order valence-corrected chi connectivity index (χ4v) is 8.22. The summed E-state index contributed by atoms with van der Waals surface area (Å²) in [6, 6.07) is 73.1. The second-order valence-corrected chi connectivity index (χ2v) is 14.9. The average Bonchev–Trinajstić information content (AvgIpc) is 3.32. The number of aromatic nitrogens is 2. The molecule has 7 aromatic carbocycles. The molecule has 1 atom stereocenters. The number of amidine groups is 1. The molecule has 10 rings (SSSR count). The standard InChI is InChI=1S/C55H40N4/c1-59-54(46-30-26-44(27-31-46)51-16-8-10-34-56-51)50-37-48(42-20-18-40(19-21-42)38-12-4-2-5-13-38)36-49(43-24-22-41(23-25-43)39-14-6-3-7-15-39)53(50)58-55(59)47-32-28-45(29-33-47)52-17-9-11-35-57-52/h2-37,54H,1H3. The van der Waals surface area contributed by atoms with Gasteiger partial charge in [0.05, 0.1) is 23.1 Å². The highest BCUT2D eigenvalue weighted by Crippen LogP contribution is 2.47. The molecule has 4 heteroatoms. The van der Waals surface area contributed by atoms with Crippen molar-refractivity contribution < 1.29 is 0 Å². The van der Waals surface area contributed by atoms with E-state index in [1.807, 2.05) is 42.7 Å². The first-order chi connectivity index (χ1) is 29.2. The number of nitrogens with zero attached hydrogens (tertiary/aromatic N) is 4. The van der Waals surface area contributed by atoms with Gasteiger partial charge in [0.2, 0.25) is 0 Å². The zero-order valence-corrected chi connectivity index (χ0v) is 32.7. The molecule has 1 aliphatic rings. The predicted molar refractivity (Wildman–Crippen MR) is 243 cm³/mol. The highest BCUT2D eigenvalue weighted by Gasteiger charge is 2.32. The SMILES string of the molecule is CN1C(c2ccc(-c3ccccn3)cc2)=Nc2c(-c3ccc(-c4ccccc4)cc3)cc(-c3ccc(-c4ccccc4)cc3)cc2C1c1ccc(-c2ccccn2)cc1. The normalized spacial score (nSPS) is 13.4. The summed E-state index contributed by atoms with van der Waals surface area (Å²) >= 11 is 0. The Labute approximate surface area is 345 Å². The molecule has 4 nitrogen and oxygen atoms in total. The molecular formula is C55H40N4. The Bertz CT molecular complexity index is 2870. The van der Waals surface area contributed by atoms with E-state index in [0.717, 1.165) is 67.4 Å². The summed E-state index contributed by atoms with van der Waals surface area (Å²) < 4.78 is 0. The molecule has 0 saturated carbocycles. The molecule has 3 heterocycles. The van der Waals surface area contributed by atoms with Crippen molar-refractivity contribution in [2.75, 3.05) is 7.05 Å². The van der Waals surface area contributed by atoms with Gasteiger partial charge in [-0.3, -0.25) is 9.97 Å². The van der Waals surface area contributed by atoms with E-state index in [4.69, 9.17) is 4.99 Å². The van der Waals surface area contributed by atoms with Crippen LogP contribution in [0.3, 0.4) is 0 Å². The number of hydrogen-bond donors (Lipinski definition) is 0. The molecular weight excluding hydrogens is 717 g/mol. The van der Waals surface area contributed by atoms with Crippen molar-refractivity contribution in [2.24, 2.45) is 4.99 Å². The monoisotopic (exact) mass is 756 g/mol. The molecule has 0 aliphatic carbocycles. The van der Waals surface area contributed by atoms with Crippen molar-refractivity contribution in [3.63, 3.8) is 0 Å². The van der Waals surface area contributed by atoms with Gasteiger partial charge in [-0.1, -0.05) is 170 Å². The molecule has 0 N–H and O–H groups in total. The first-order valence-corrected chi connectivity index (χ1v) is 20.0. The predicted octanol–water partition coefficient (Wildman–Crippen LogP) is 13.6. The Morgan fingerprint density at radius 1 is 0.373 bits per heavy atom. The van der Waals surface area contributed by atoms with Gasteiger partial charge in [0.25, 0.3) is 0 Å². The van der Waals surface area contributed by atoms with Crippen molar-refractivity contribution in [3.05, 3.63) is 235 Å². The van der Waals surface area contributed by atoms with Gasteiger partial charge in [0, 0.05) is 47.3 Å². The minimum Gasteiger partial charge on any atom is -0.348 e. The summed E-state index contributed by atoms with van der Waals surface area (Å²) in [5.74, 6) is 0.908. The van der Waals surface area contributed by atoms with Crippen LogP contribution in [-0.2, 0) is 0 Å². The van der Waals surface area contributed by atoms with Crippen LogP contribution in [0.4, 0.5) is 5.69 Å². The molecule has 0 radical (unpaired) electrons. The van der Waals surface area contributed by atoms with Crippen molar-refractivity contribution in [1.82, 2.24) is 14.9 Å². The lowest BCUT2D eigenvalue weighted by molar-refractivity contribution is 0.422. The van der Waals surface area contributed by atoms with E-state index in [0.29, 0.717) is 0 Å². The molecule has 0 bridgehead atoms. The van der Waals surface area contributed by atoms with Crippen LogP contribution in [-0.4, -0.2) is 27.8 Å². The molecule has 1 unspecified atom stereocenters. The molecule has 0 fully saturated rings. The minimum atomic E-state index is -0.128. The van der Waals surface area contributed by atoms with E-state index < -0.39 is 0 Å². The molecule has 280 valence electrons. The van der Waals surface area contributed by atoms with E-state index >= 15 is 0 Å². The van der Waals surface area contributed by atoms with Crippen LogP contribution in [0, 0.1) is 0 Å². The summed E-state index contributed by atoms with van der Waals surface area (Å²) in [6.45, 7) is 0. The lowest BCUT2D eigenvalue weighted by Crippen LogP contribution is -2.35. The summed E-state index contributed by atoms with van der Waals surface area (Å²) in [6.07, 6.45) is 3.68. The Morgan fingerprint density at radius 2 is 0.797 bits per heavy atom. The van der Waals surface area contributed by atoms with Gasteiger partial charge in [0.15, 0.2) is 0 Å². The molecule has 2 aromatic heterocycles. The number of benzene rings is 7. The molecule has 0 amide bonds. The summed E-state index contributed by atoms with van der Waals surface area (Å²) in [5, 5.41) is 0. The van der Waals surface area contributed by atoms with Gasteiger partial charge in [-0.25, -0.2) is 4.99 Å². The van der Waals surface area contributed by atoms with Crippen molar-refractivity contribution in [3.8, 4) is 67.0 Å². The minimum absolute atomic E-state index is 0.128. The Morgan fingerprint density at radius 3 is 1.31 bits per heavy atom. The maximum Gasteiger partial charge on any atom is 0.137 e. The Hall–Kier alpha value is -7.69. The molecule has 1 aliphatic heterocycles. The Balaban J connectivity index is 1.15. The maximum absolute atomic E-state index is 5.60. The zero-order valence-electron chi connectivity index (χ0n) is 32.7. The molecule has 0 spiro atoms. The van der Waals surface area contributed by atoms with Crippen LogP contribution >= 0.6 is 0 Å². The van der Waals surface area contributed by atoms with E-state index in [2.05, 4.69) is 198 Å². The average molecular weight is 757 g/mol. The number of fused-ring (bicyclic) bond motifs is 1. The van der Waals surface area contributed by atoms with E-state index in [1.54, 1.807) is 0 Å². The van der Waals surface area contributed by atoms with Gasteiger partial charge in [-0.05, 0) is 80.9 Å². The van der Waals surface area contributed by atoms with Crippen molar-refractivity contribution >= 4 is 11.5 Å². The highest BCUT2D eigenvalue weighted by molar-refractivity contribution is 6.04. The van der Waals surface area contributed by atoms with Crippen molar-refractivity contribution in [1.29, 1.82) is 0 Å². The zero-order chi connectivity index (χ0) is 39.5. The molecule has 0 saturated heterocycles. The van der Waals surface area contributed by atoms with Gasteiger partial charge >= 0.3 is 0 Å². The topological polar surface area (TPSA) is 41.4 Å². The highest BCUT2D eigenvalue weighted by atomic mass is 15.2. The molecule has 59 heavy (non-hydrogen) atoms. The lowest BCUT2D eigenvalue weighted by Gasteiger charge is -2.37. The third kappa shape index (κ3) is 7.13. The smallest absolute Gasteiger partial charge is 0.137 e. The number of aliphatic imine (C=N–C) groups is 1. The first-order valence-electron chi connectivity index (χ1n) is 20.0. The number of pyridine rings is 2. The second kappa shape index (κ2) is 15.7. The van der Waals surface area contributed by atoms with Crippen LogP contribution in [0.5, 0.6) is 0 Å². The quantitative estimate of drug-likeness (QED) is 0.155. The van der Waals surface area contributed by atoms with Crippen LogP contribution in [0.1, 0.15) is 22.7 Å². The van der Waals surface area contributed by atoms with E-state index in [9.17, 15) is 0 Å². The lowest BCUT2D eigenvalue weighted by atomic mass is 9.86. The maximum atomic E-state index is 5.60. The number of hydrogen-bond acceptors (Lipinski definition) is 4. The largest absolute Gasteiger partial charge is 0.348 e. The van der Waals surface area contributed by atoms with Gasteiger partial charge in [-0.2, -0.15) is 0 Å². The third-order valence-corrected chi connectivity index (χ3v) is 11.3. The first kappa shape index (κ1) is 35.7.